The largest absolute Gasteiger partial charge is 0.477 e. The molecule has 180 valence electrons. The Morgan fingerprint density at radius 2 is 1.91 bits per heavy atom. The number of alkyl halides is 3. The van der Waals surface area contributed by atoms with Crippen molar-refractivity contribution < 1.29 is 27.9 Å². The number of carboxylic acid groups (broad SMARTS) is 1. The highest BCUT2D eigenvalue weighted by atomic mass is 19.4. The van der Waals surface area contributed by atoms with Crippen molar-refractivity contribution in [2.24, 2.45) is 5.73 Å². The number of aromatic nitrogens is 2. The standard InChI is InChI=1S/C15H16N4O3.C8H8F3N/c1-8-2-3-9(14(20)18-10-4-5-10)6-12(8)19-13(16)11(7-17-19)15(21)22;9-8(10,11)7-3-1-2-6(4-7)5-12/h2-3,6-7,10H,4-5,16H2,1H3,(H,18,20)(H,21,22);1-4H,5,12H2. The van der Waals surface area contributed by atoms with Gasteiger partial charge in [0.2, 0.25) is 0 Å². The maximum atomic E-state index is 12.1. The van der Waals surface area contributed by atoms with E-state index in [2.05, 4.69) is 10.4 Å². The third-order valence-corrected chi connectivity index (χ3v) is 5.14. The number of aromatic carboxylic acids is 1. The van der Waals surface area contributed by atoms with Crippen molar-refractivity contribution in [1.29, 1.82) is 0 Å². The molecular formula is C23H24F3N5O3. The molecule has 1 amide bonds. The fraction of sp³-hybridized carbons (Fsp3) is 0.261. The summed E-state index contributed by atoms with van der Waals surface area (Å²) >= 11 is 0. The number of nitrogens with two attached hydrogens (primary N) is 2. The van der Waals surface area contributed by atoms with Gasteiger partial charge in [0, 0.05) is 18.2 Å². The summed E-state index contributed by atoms with van der Waals surface area (Å²) in [4.78, 5) is 23.2. The van der Waals surface area contributed by atoms with E-state index in [1.165, 1.54) is 16.9 Å². The number of nitrogen functional groups attached to an aromatic ring is 1. The first kappa shape index (κ1) is 24.8. The fourth-order valence-electron chi connectivity index (χ4n) is 3.06. The number of carbonyl (C=O) groups is 2. The Bertz CT molecular complexity index is 1200. The van der Waals surface area contributed by atoms with Crippen LogP contribution in [0.3, 0.4) is 0 Å². The Kier molecular flexibility index (Phi) is 7.26. The van der Waals surface area contributed by atoms with Crippen LogP contribution in [0, 0.1) is 6.92 Å². The van der Waals surface area contributed by atoms with Crippen LogP contribution < -0.4 is 16.8 Å². The molecule has 1 heterocycles. The molecule has 1 aliphatic carbocycles. The van der Waals surface area contributed by atoms with E-state index in [4.69, 9.17) is 16.6 Å². The summed E-state index contributed by atoms with van der Waals surface area (Å²) in [6.45, 7) is 1.98. The van der Waals surface area contributed by atoms with Crippen molar-refractivity contribution in [3.63, 3.8) is 0 Å². The molecule has 1 saturated carbocycles. The number of carbonyl (C=O) groups excluding carboxylic acids is 1. The molecule has 0 saturated heterocycles. The molecule has 0 aliphatic heterocycles. The Morgan fingerprint density at radius 1 is 1.21 bits per heavy atom. The summed E-state index contributed by atoms with van der Waals surface area (Å²) in [5, 5.41) is 16.0. The van der Waals surface area contributed by atoms with Crippen molar-refractivity contribution in [3.8, 4) is 5.69 Å². The van der Waals surface area contributed by atoms with E-state index < -0.39 is 17.7 Å². The Hall–Kier alpha value is -3.86. The first-order chi connectivity index (χ1) is 16.0. The van der Waals surface area contributed by atoms with Crippen molar-refractivity contribution in [2.45, 2.75) is 38.5 Å². The highest BCUT2D eigenvalue weighted by molar-refractivity contribution is 5.95. The molecule has 0 unspecified atom stereocenters. The number of rotatable bonds is 5. The number of amides is 1. The zero-order valence-corrected chi connectivity index (χ0v) is 18.3. The highest BCUT2D eigenvalue weighted by Gasteiger charge is 2.30. The summed E-state index contributed by atoms with van der Waals surface area (Å²) in [5.74, 6) is -1.24. The number of aryl methyl sites for hydroxylation is 1. The van der Waals surface area contributed by atoms with Crippen LogP contribution in [0.5, 0.6) is 0 Å². The van der Waals surface area contributed by atoms with Gasteiger partial charge >= 0.3 is 12.1 Å². The van der Waals surface area contributed by atoms with Crippen molar-refractivity contribution in [2.75, 3.05) is 5.73 Å². The number of carboxylic acids is 1. The van der Waals surface area contributed by atoms with E-state index in [0.29, 0.717) is 16.8 Å². The molecule has 0 atom stereocenters. The predicted octanol–water partition coefficient (Wildman–Crippen LogP) is 3.52. The van der Waals surface area contributed by atoms with Gasteiger partial charge in [-0.3, -0.25) is 4.79 Å². The molecule has 8 nitrogen and oxygen atoms in total. The quantitative estimate of drug-likeness (QED) is 0.446. The molecule has 1 aliphatic rings. The summed E-state index contributed by atoms with van der Waals surface area (Å²) in [5.41, 5.74) is 12.7. The van der Waals surface area contributed by atoms with Gasteiger partial charge in [-0.25, -0.2) is 9.48 Å². The lowest BCUT2D eigenvalue weighted by atomic mass is 10.1. The molecule has 34 heavy (non-hydrogen) atoms. The molecule has 0 bridgehead atoms. The Morgan fingerprint density at radius 3 is 2.47 bits per heavy atom. The minimum atomic E-state index is -4.27. The molecule has 0 radical (unpaired) electrons. The second-order valence-electron chi connectivity index (χ2n) is 7.81. The lowest BCUT2D eigenvalue weighted by Gasteiger charge is -2.11. The van der Waals surface area contributed by atoms with E-state index in [0.717, 1.165) is 30.5 Å². The monoisotopic (exact) mass is 475 g/mol. The zero-order valence-electron chi connectivity index (χ0n) is 18.3. The van der Waals surface area contributed by atoms with Crippen LogP contribution in [0.4, 0.5) is 19.0 Å². The fourth-order valence-corrected chi connectivity index (χ4v) is 3.06. The molecule has 1 aromatic heterocycles. The number of halogens is 3. The highest BCUT2D eigenvalue weighted by Crippen LogP contribution is 2.29. The molecule has 6 N–H and O–H groups in total. The van der Waals surface area contributed by atoms with Crippen LogP contribution in [0.1, 0.15) is 50.2 Å². The Balaban J connectivity index is 0.000000229. The van der Waals surface area contributed by atoms with Crippen LogP contribution in [-0.2, 0) is 12.7 Å². The number of hydrogen-bond donors (Lipinski definition) is 4. The lowest BCUT2D eigenvalue weighted by molar-refractivity contribution is -0.137. The predicted molar refractivity (Wildman–Crippen MR) is 119 cm³/mol. The lowest BCUT2D eigenvalue weighted by Crippen LogP contribution is -2.25. The average molecular weight is 475 g/mol. The van der Waals surface area contributed by atoms with Gasteiger partial charge in [-0.2, -0.15) is 18.3 Å². The average Bonchev–Trinajstić information content (AvgIpc) is 3.52. The van der Waals surface area contributed by atoms with Gasteiger partial charge < -0.3 is 21.9 Å². The summed E-state index contributed by atoms with van der Waals surface area (Å²) < 4.78 is 37.5. The number of anilines is 1. The van der Waals surface area contributed by atoms with Crippen molar-refractivity contribution in [3.05, 3.63) is 76.5 Å². The number of nitrogens with one attached hydrogen (secondary N) is 1. The SMILES string of the molecule is Cc1ccc(C(=O)NC2CC2)cc1-n1ncc(C(=O)O)c1N.NCc1cccc(C(F)(F)F)c1. The van der Waals surface area contributed by atoms with Gasteiger partial charge in [-0.1, -0.05) is 24.3 Å². The van der Waals surface area contributed by atoms with Gasteiger partial charge in [0.15, 0.2) is 0 Å². The zero-order chi connectivity index (χ0) is 25.0. The molecule has 11 heteroatoms. The minimum Gasteiger partial charge on any atom is -0.477 e. The van der Waals surface area contributed by atoms with Crippen LogP contribution in [0.25, 0.3) is 5.69 Å². The summed E-state index contributed by atoms with van der Waals surface area (Å²) in [6, 6.07) is 10.5. The molecule has 3 aromatic rings. The van der Waals surface area contributed by atoms with Gasteiger partial charge in [0.1, 0.15) is 11.4 Å². The van der Waals surface area contributed by atoms with Gasteiger partial charge in [-0.15, -0.1) is 0 Å². The normalized spacial score (nSPS) is 13.1. The second kappa shape index (κ2) is 9.96. The first-order valence-corrected chi connectivity index (χ1v) is 10.4. The summed E-state index contributed by atoms with van der Waals surface area (Å²) in [6.07, 6.45) is -1.05. The Labute approximate surface area is 193 Å². The van der Waals surface area contributed by atoms with E-state index in [-0.39, 0.29) is 29.9 Å². The number of hydrogen-bond acceptors (Lipinski definition) is 5. The molecule has 1 fully saturated rings. The van der Waals surface area contributed by atoms with E-state index >= 15 is 0 Å². The first-order valence-electron chi connectivity index (χ1n) is 10.4. The van der Waals surface area contributed by atoms with Crippen LogP contribution in [0.15, 0.2) is 48.7 Å². The smallest absolute Gasteiger partial charge is 0.416 e. The molecule has 4 rings (SSSR count). The number of benzene rings is 2. The number of nitrogens with zero attached hydrogens (tertiary/aromatic N) is 2. The second-order valence-corrected chi connectivity index (χ2v) is 7.81. The molecule has 0 spiro atoms. The molecular weight excluding hydrogens is 451 g/mol. The summed E-state index contributed by atoms with van der Waals surface area (Å²) in [7, 11) is 0. The maximum Gasteiger partial charge on any atom is 0.416 e. The third kappa shape index (κ3) is 5.93. The minimum absolute atomic E-state index is 0.0374. The van der Waals surface area contributed by atoms with Crippen LogP contribution >= 0.6 is 0 Å². The van der Waals surface area contributed by atoms with Gasteiger partial charge in [-0.05, 0) is 49.1 Å². The van der Waals surface area contributed by atoms with Crippen molar-refractivity contribution in [1.82, 2.24) is 15.1 Å². The van der Waals surface area contributed by atoms with Crippen LogP contribution in [-0.4, -0.2) is 32.8 Å². The molecule has 2 aromatic carbocycles. The van der Waals surface area contributed by atoms with Crippen LogP contribution in [0.2, 0.25) is 0 Å². The maximum absolute atomic E-state index is 12.1. The van der Waals surface area contributed by atoms with E-state index in [1.807, 2.05) is 6.92 Å². The van der Waals surface area contributed by atoms with Gasteiger partial charge in [0.25, 0.3) is 5.91 Å². The van der Waals surface area contributed by atoms with E-state index in [9.17, 15) is 22.8 Å². The third-order valence-electron chi connectivity index (χ3n) is 5.14. The van der Waals surface area contributed by atoms with Gasteiger partial charge in [0.05, 0.1) is 17.4 Å². The topological polar surface area (TPSA) is 136 Å². The van der Waals surface area contributed by atoms with Crippen molar-refractivity contribution >= 4 is 17.7 Å². The van der Waals surface area contributed by atoms with E-state index in [1.54, 1.807) is 24.3 Å².